The maximum absolute atomic E-state index is 6.62. The number of unbranched alkanes of at least 4 members (excludes halogenated alkanes) is 1. The normalized spacial score (nSPS) is 15.2. The number of rotatable bonds is 22. The topological polar surface area (TPSA) is 64.5 Å². The predicted octanol–water partition coefficient (Wildman–Crippen LogP) is 8.45. The Balaban J connectivity index is 1.32. The fraction of sp³-hybridized carbons (Fsp3) is 0.558. The highest BCUT2D eigenvalue weighted by atomic mass is 35.5. The highest BCUT2D eigenvalue weighted by molar-refractivity contribution is 6.30. The zero-order chi connectivity index (χ0) is 36.8. The van der Waals surface area contributed by atoms with E-state index in [0.29, 0.717) is 26.4 Å². The van der Waals surface area contributed by atoms with Gasteiger partial charge in [0.05, 0.1) is 17.7 Å². The molecule has 1 aromatic heterocycles. The first-order valence-corrected chi connectivity index (χ1v) is 20.5. The first kappa shape index (κ1) is 39.2. The zero-order valence-corrected chi connectivity index (χ0v) is 33.0. The summed E-state index contributed by atoms with van der Waals surface area (Å²) >= 11 is 6.10. The van der Waals surface area contributed by atoms with E-state index in [0.717, 1.165) is 135 Å². The first-order chi connectivity index (χ1) is 26.0. The smallest absolute Gasteiger partial charge is 0.150 e. The van der Waals surface area contributed by atoms with E-state index in [1.54, 1.807) is 0 Å². The average molecular weight is 746 g/mol. The number of ether oxygens (including phenoxy) is 4. The number of nitrogens with zero attached hydrogens (tertiary/aromatic N) is 5. The molecule has 3 aromatic carbocycles. The second kappa shape index (κ2) is 20.3. The van der Waals surface area contributed by atoms with Gasteiger partial charge in [0, 0.05) is 55.8 Å². The third kappa shape index (κ3) is 11.0. The van der Waals surface area contributed by atoms with E-state index in [-0.39, 0.29) is 0 Å². The van der Waals surface area contributed by atoms with E-state index < -0.39 is 0 Å². The Labute approximate surface area is 322 Å². The molecule has 2 aliphatic heterocycles. The number of aromatic nitrogens is 2. The van der Waals surface area contributed by atoms with E-state index in [1.165, 1.54) is 31.2 Å². The molecular formula is C43H60ClN5O4. The number of fused-ring (bicyclic) bond motifs is 1. The van der Waals surface area contributed by atoms with Crippen LogP contribution in [-0.2, 0) is 13.0 Å². The van der Waals surface area contributed by atoms with Crippen LogP contribution in [0, 0.1) is 0 Å². The van der Waals surface area contributed by atoms with Gasteiger partial charge in [-0.2, -0.15) is 0 Å². The minimum absolute atomic E-state index is 0.549. The lowest BCUT2D eigenvalue weighted by atomic mass is 10.1. The van der Waals surface area contributed by atoms with Crippen molar-refractivity contribution in [3.8, 4) is 34.4 Å². The molecule has 2 saturated heterocycles. The molecule has 3 heterocycles. The average Bonchev–Trinajstić information content (AvgIpc) is 3.96. The van der Waals surface area contributed by atoms with Crippen molar-refractivity contribution in [1.29, 1.82) is 0 Å². The van der Waals surface area contributed by atoms with Crippen molar-refractivity contribution in [2.45, 2.75) is 72.3 Å². The molecule has 2 aliphatic rings. The van der Waals surface area contributed by atoms with Crippen molar-refractivity contribution in [2.75, 3.05) is 85.3 Å². The molecule has 0 amide bonds. The molecule has 0 bridgehead atoms. The van der Waals surface area contributed by atoms with Crippen molar-refractivity contribution < 1.29 is 18.9 Å². The first-order valence-electron chi connectivity index (χ1n) is 20.2. The van der Waals surface area contributed by atoms with E-state index in [4.69, 9.17) is 35.5 Å². The fourth-order valence-corrected chi connectivity index (χ4v) is 7.48. The molecule has 0 saturated carbocycles. The lowest BCUT2D eigenvalue weighted by Crippen LogP contribution is -2.28. The predicted molar refractivity (Wildman–Crippen MR) is 216 cm³/mol. The second-order valence-corrected chi connectivity index (χ2v) is 14.7. The number of imidazole rings is 1. The summed E-state index contributed by atoms with van der Waals surface area (Å²) in [7, 11) is 0. The summed E-state index contributed by atoms with van der Waals surface area (Å²) in [5, 5.41) is 0.740. The number of benzene rings is 3. The van der Waals surface area contributed by atoms with Gasteiger partial charge >= 0.3 is 0 Å². The van der Waals surface area contributed by atoms with E-state index >= 15 is 0 Å². The van der Waals surface area contributed by atoms with Crippen LogP contribution in [0.2, 0.25) is 5.02 Å². The molecule has 2 fully saturated rings. The lowest BCUT2D eigenvalue weighted by Gasteiger charge is -2.20. The van der Waals surface area contributed by atoms with Crippen LogP contribution in [0.25, 0.3) is 22.4 Å². The SMILES string of the molecule is CCCCn1c(-c2ccc(OCCc3ccc(Cl)cc3)cc2OCCN(CC)CC)nc2c(OCCN3CCCC3)cc(OCCN3CCCC3)cc21. The van der Waals surface area contributed by atoms with Crippen LogP contribution in [0.15, 0.2) is 54.6 Å². The van der Waals surface area contributed by atoms with E-state index in [1.807, 2.05) is 36.4 Å². The van der Waals surface area contributed by atoms with Crippen molar-refractivity contribution in [3.05, 3.63) is 65.2 Å². The van der Waals surface area contributed by atoms with Gasteiger partial charge in [0.25, 0.3) is 0 Å². The molecule has 0 atom stereocenters. The molecule has 0 aliphatic carbocycles. The van der Waals surface area contributed by atoms with Gasteiger partial charge in [-0.05, 0) is 101 Å². The Morgan fingerprint density at radius 2 is 1.32 bits per heavy atom. The van der Waals surface area contributed by atoms with Gasteiger partial charge < -0.3 is 28.4 Å². The number of likely N-dealkylation sites (tertiary alicyclic amines) is 2. The molecule has 53 heavy (non-hydrogen) atoms. The minimum Gasteiger partial charge on any atom is -0.493 e. The van der Waals surface area contributed by atoms with Gasteiger partial charge in [-0.1, -0.05) is 50.9 Å². The largest absolute Gasteiger partial charge is 0.493 e. The third-order valence-electron chi connectivity index (χ3n) is 10.6. The molecule has 0 unspecified atom stereocenters. The monoisotopic (exact) mass is 745 g/mol. The second-order valence-electron chi connectivity index (χ2n) is 14.3. The van der Waals surface area contributed by atoms with Gasteiger partial charge in [-0.3, -0.25) is 9.80 Å². The van der Waals surface area contributed by atoms with Crippen molar-refractivity contribution in [1.82, 2.24) is 24.3 Å². The molecular weight excluding hydrogens is 686 g/mol. The van der Waals surface area contributed by atoms with Crippen LogP contribution in [0.3, 0.4) is 0 Å². The summed E-state index contributed by atoms with van der Waals surface area (Å²) in [6, 6.07) is 18.3. The van der Waals surface area contributed by atoms with Crippen LogP contribution < -0.4 is 18.9 Å². The van der Waals surface area contributed by atoms with Crippen LogP contribution in [0.4, 0.5) is 0 Å². The Bertz CT molecular complexity index is 1700. The highest BCUT2D eigenvalue weighted by Crippen LogP contribution is 2.39. The van der Waals surface area contributed by atoms with Crippen LogP contribution in [0.5, 0.6) is 23.0 Å². The van der Waals surface area contributed by atoms with Gasteiger partial charge in [0.1, 0.15) is 48.4 Å². The maximum Gasteiger partial charge on any atom is 0.150 e. The number of halogens is 1. The van der Waals surface area contributed by atoms with Crippen molar-refractivity contribution in [3.63, 3.8) is 0 Å². The van der Waals surface area contributed by atoms with Crippen molar-refractivity contribution >= 4 is 22.6 Å². The van der Waals surface area contributed by atoms with Gasteiger partial charge in [-0.15, -0.1) is 0 Å². The highest BCUT2D eigenvalue weighted by Gasteiger charge is 2.22. The molecule has 0 N–H and O–H groups in total. The number of aryl methyl sites for hydroxylation is 1. The Kier molecular flexibility index (Phi) is 15.0. The molecule has 6 rings (SSSR count). The standard InChI is InChI=1S/C43H60ClN5O4/c1-4-7-23-49-39-31-37(51-28-25-47-19-8-9-20-47)33-41(53-30-26-48-21-10-11-22-48)42(39)45-43(49)38-17-16-36(32-40(38)52-29-24-46(5-2)6-3)50-27-18-34-12-14-35(44)15-13-34/h12-17,31-33H,4-11,18-30H2,1-3H3. The minimum atomic E-state index is 0.549. The van der Waals surface area contributed by atoms with E-state index in [2.05, 4.69) is 58.2 Å². The van der Waals surface area contributed by atoms with Gasteiger partial charge in [0.2, 0.25) is 0 Å². The number of hydrogen-bond donors (Lipinski definition) is 0. The number of hydrogen-bond acceptors (Lipinski definition) is 8. The third-order valence-corrected chi connectivity index (χ3v) is 10.8. The molecule has 10 heteroatoms. The Morgan fingerprint density at radius 1 is 0.679 bits per heavy atom. The van der Waals surface area contributed by atoms with Crippen molar-refractivity contribution in [2.24, 2.45) is 0 Å². The summed E-state index contributed by atoms with van der Waals surface area (Å²) < 4.78 is 28.3. The molecule has 0 spiro atoms. The quantitative estimate of drug-likeness (QED) is 0.0795. The zero-order valence-electron chi connectivity index (χ0n) is 32.3. The van der Waals surface area contributed by atoms with Gasteiger partial charge in [0.15, 0.2) is 5.75 Å². The summed E-state index contributed by atoms with van der Waals surface area (Å²) in [4.78, 5) is 12.7. The Hall–Kier alpha value is -3.50. The summed E-state index contributed by atoms with van der Waals surface area (Å²) in [5.74, 6) is 4.03. The molecule has 9 nitrogen and oxygen atoms in total. The molecule has 288 valence electrons. The fourth-order valence-electron chi connectivity index (χ4n) is 7.36. The maximum atomic E-state index is 6.62. The molecule has 0 radical (unpaired) electrons. The van der Waals surface area contributed by atoms with Gasteiger partial charge in [-0.25, -0.2) is 4.98 Å². The number of likely N-dealkylation sites (N-methyl/N-ethyl adjacent to an activating group) is 1. The summed E-state index contributed by atoms with van der Waals surface area (Å²) in [6.07, 6.45) is 7.96. The van der Waals surface area contributed by atoms with Crippen LogP contribution in [0.1, 0.15) is 64.9 Å². The van der Waals surface area contributed by atoms with E-state index in [9.17, 15) is 0 Å². The van der Waals surface area contributed by atoms with Crippen LogP contribution >= 0.6 is 11.6 Å². The molecule has 4 aromatic rings. The van der Waals surface area contributed by atoms with Crippen LogP contribution in [-0.4, -0.2) is 110 Å². The Morgan fingerprint density at radius 3 is 2.00 bits per heavy atom. The lowest BCUT2D eigenvalue weighted by molar-refractivity contribution is 0.222. The summed E-state index contributed by atoms with van der Waals surface area (Å²) in [5.41, 5.74) is 4.02. The summed E-state index contributed by atoms with van der Waals surface area (Å²) in [6.45, 7) is 19.1.